The van der Waals surface area contributed by atoms with Gasteiger partial charge in [0.2, 0.25) is 5.91 Å². The summed E-state index contributed by atoms with van der Waals surface area (Å²) in [5, 5.41) is 23.1. The predicted octanol–water partition coefficient (Wildman–Crippen LogP) is 5.08. The molecule has 0 fully saturated rings. The third-order valence-electron chi connectivity index (χ3n) is 5.35. The van der Waals surface area contributed by atoms with Gasteiger partial charge in [-0.15, -0.1) is 21.6 Å². The lowest BCUT2D eigenvalue weighted by molar-refractivity contribution is -0.118. The zero-order valence-electron chi connectivity index (χ0n) is 17.0. The second-order valence-corrected chi connectivity index (χ2v) is 8.38. The first-order valence-corrected chi connectivity index (χ1v) is 10.8. The van der Waals surface area contributed by atoms with Crippen LogP contribution in [0.1, 0.15) is 41.3 Å². The molecule has 30 heavy (non-hydrogen) atoms. The number of carbonyl (C=O) groups is 1. The number of carbonyl (C=O) groups excluding carboxylic acids is 1. The average Bonchev–Trinajstić information content (AvgIpc) is 3.28. The molecular formula is C22H23N5O2S. The summed E-state index contributed by atoms with van der Waals surface area (Å²) in [7, 11) is 1.63. The Morgan fingerprint density at radius 2 is 2.17 bits per heavy atom. The zero-order chi connectivity index (χ0) is 21.1. The molecule has 1 aliphatic rings. The molecule has 4 rings (SSSR count). The predicted molar refractivity (Wildman–Crippen MR) is 117 cm³/mol. The van der Waals surface area contributed by atoms with E-state index >= 15 is 0 Å². The fraction of sp³-hybridized carbons (Fsp3) is 0.364. The maximum Gasteiger partial charge on any atom is 0.216 e. The number of H-pyrrole nitrogens is 1. The highest BCUT2D eigenvalue weighted by molar-refractivity contribution is 7.16. The molecule has 0 radical (unpaired) electrons. The van der Waals surface area contributed by atoms with Gasteiger partial charge < -0.3 is 15.0 Å². The van der Waals surface area contributed by atoms with Gasteiger partial charge in [0.25, 0.3) is 0 Å². The number of aromatic amines is 1. The van der Waals surface area contributed by atoms with Gasteiger partial charge in [0.15, 0.2) is 10.8 Å². The van der Waals surface area contributed by atoms with E-state index in [1.54, 1.807) is 18.4 Å². The molecule has 0 unspecified atom stereocenters. The largest absolute Gasteiger partial charge is 0.497 e. The van der Waals surface area contributed by atoms with E-state index in [4.69, 9.17) is 4.74 Å². The maximum absolute atomic E-state index is 11.3. The van der Waals surface area contributed by atoms with Gasteiger partial charge in [-0.2, -0.15) is 5.26 Å². The molecule has 0 bridgehead atoms. The van der Waals surface area contributed by atoms with Crippen LogP contribution >= 0.6 is 11.3 Å². The van der Waals surface area contributed by atoms with Crippen molar-refractivity contribution in [2.45, 2.75) is 39.0 Å². The van der Waals surface area contributed by atoms with Crippen LogP contribution in [0.4, 0.5) is 10.8 Å². The van der Waals surface area contributed by atoms with Crippen LogP contribution in [-0.2, 0) is 24.1 Å². The van der Waals surface area contributed by atoms with Gasteiger partial charge in [0.05, 0.1) is 12.7 Å². The van der Waals surface area contributed by atoms with E-state index in [1.165, 1.54) is 11.8 Å². The molecule has 7 nitrogen and oxygen atoms in total. The molecular weight excluding hydrogens is 398 g/mol. The molecule has 1 amide bonds. The minimum Gasteiger partial charge on any atom is -0.497 e. The number of nitrogens with one attached hydrogen (secondary N) is 2. The first kappa shape index (κ1) is 20.1. The van der Waals surface area contributed by atoms with Crippen LogP contribution in [0.3, 0.4) is 0 Å². The molecule has 0 saturated carbocycles. The quantitative estimate of drug-likeness (QED) is 0.542. The number of nitrogens with zero attached hydrogens (tertiary/aromatic N) is 3. The van der Waals surface area contributed by atoms with Crippen LogP contribution < -0.4 is 10.1 Å². The lowest BCUT2D eigenvalue weighted by Crippen LogP contribution is -2.22. The lowest BCUT2D eigenvalue weighted by Gasteiger charge is -2.09. The number of ether oxygens (including phenoxy) is 1. The van der Waals surface area contributed by atoms with E-state index in [1.807, 2.05) is 18.2 Å². The lowest BCUT2D eigenvalue weighted by atomic mass is 9.96. The van der Waals surface area contributed by atoms with Gasteiger partial charge in [0, 0.05) is 34.8 Å². The van der Waals surface area contributed by atoms with Gasteiger partial charge in [-0.1, -0.05) is 0 Å². The molecule has 0 atom stereocenters. The topological polar surface area (TPSA) is 103 Å². The molecule has 2 heterocycles. The Morgan fingerprint density at radius 3 is 2.93 bits per heavy atom. The average molecular weight is 422 g/mol. The Morgan fingerprint density at radius 1 is 1.33 bits per heavy atom. The fourth-order valence-corrected chi connectivity index (χ4v) is 5.03. The number of thiophene rings is 1. The van der Waals surface area contributed by atoms with Gasteiger partial charge in [-0.3, -0.25) is 4.79 Å². The van der Waals surface area contributed by atoms with Crippen molar-refractivity contribution in [3.05, 3.63) is 39.8 Å². The summed E-state index contributed by atoms with van der Waals surface area (Å²) in [5.41, 5.74) is 3.70. The number of fused-ring (bicyclic) bond motifs is 2. The van der Waals surface area contributed by atoms with Crippen molar-refractivity contribution in [3.8, 4) is 11.8 Å². The number of aromatic nitrogens is 1. The number of rotatable bonds is 6. The van der Waals surface area contributed by atoms with Crippen molar-refractivity contribution in [3.63, 3.8) is 0 Å². The summed E-state index contributed by atoms with van der Waals surface area (Å²) >= 11 is 1.57. The molecule has 1 aromatic carbocycles. The van der Waals surface area contributed by atoms with Crippen molar-refractivity contribution >= 4 is 39.0 Å². The summed E-state index contributed by atoms with van der Waals surface area (Å²) in [6, 6.07) is 8.11. The standard InChI is InChI=1S/C22H23N5O2S/c1-13(28)24-10-9-16-17-11-14(29-2)7-8-19(17)25-21(16)26-27-22-18(12-23)15-5-3-4-6-20(15)30-22/h7-8,11,25H,3-6,9-10H2,1-2H3,(H,24,28)/b27-26+. The first-order chi connectivity index (χ1) is 14.6. The van der Waals surface area contributed by atoms with E-state index < -0.39 is 0 Å². The highest BCUT2D eigenvalue weighted by Gasteiger charge is 2.21. The molecule has 0 spiro atoms. The minimum atomic E-state index is -0.0709. The number of hydrogen-bond donors (Lipinski definition) is 2. The second-order valence-electron chi connectivity index (χ2n) is 7.30. The first-order valence-electron chi connectivity index (χ1n) is 10.00. The molecule has 2 aromatic heterocycles. The third kappa shape index (κ3) is 3.94. The van der Waals surface area contributed by atoms with Crippen LogP contribution in [-0.4, -0.2) is 24.5 Å². The van der Waals surface area contributed by atoms with Gasteiger partial charge in [-0.05, 0) is 55.9 Å². The number of amides is 1. The Hall–Kier alpha value is -3.18. The summed E-state index contributed by atoms with van der Waals surface area (Å²) in [4.78, 5) is 15.9. The van der Waals surface area contributed by atoms with Crippen LogP contribution in [0, 0.1) is 11.3 Å². The number of azo groups is 1. The molecule has 3 aromatic rings. The summed E-state index contributed by atoms with van der Waals surface area (Å²) in [6.07, 6.45) is 4.84. The van der Waals surface area contributed by atoms with Crippen molar-refractivity contribution in [2.75, 3.05) is 13.7 Å². The Labute approximate surface area is 178 Å². The van der Waals surface area contributed by atoms with Crippen LogP contribution in [0.15, 0.2) is 28.4 Å². The number of hydrogen-bond acceptors (Lipinski definition) is 6. The highest BCUT2D eigenvalue weighted by Crippen LogP contribution is 2.40. The molecule has 8 heteroatoms. The fourth-order valence-electron chi connectivity index (χ4n) is 3.87. The maximum atomic E-state index is 11.3. The van der Waals surface area contributed by atoms with E-state index in [2.05, 4.69) is 26.6 Å². The third-order valence-corrected chi connectivity index (χ3v) is 6.52. The van der Waals surface area contributed by atoms with Crippen molar-refractivity contribution < 1.29 is 9.53 Å². The summed E-state index contributed by atoms with van der Waals surface area (Å²) < 4.78 is 5.36. The highest BCUT2D eigenvalue weighted by atomic mass is 32.1. The van der Waals surface area contributed by atoms with Crippen molar-refractivity contribution in [1.82, 2.24) is 10.3 Å². The normalized spacial score (nSPS) is 13.4. The monoisotopic (exact) mass is 421 g/mol. The minimum absolute atomic E-state index is 0.0709. The van der Waals surface area contributed by atoms with E-state index in [0.29, 0.717) is 29.3 Å². The summed E-state index contributed by atoms with van der Waals surface area (Å²) in [5.74, 6) is 1.32. The Balaban J connectivity index is 1.72. The van der Waals surface area contributed by atoms with Gasteiger partial charge in [-0.25, -0.2) is 0 Å². The smallest absolute Gasteiger partial charge is 0.216 e. The van der Waals surface area contributed by atoms with Gasteiger partial charge in [0.1, 0.15) is 11.8 Å². The van der Waals surface area contributed by atoms with Gasteiger partial charge >= 0.3 is 0 Å². The summed E-state index contributed by atoms with van der Waals surface area (Å²) in [6.45, 7) is 2.00. The van der Waals surface area contributed by atoms with E-state index in [9.17, 15) is 10.1 Å². The number of methoxy groups -OCH3 is 1. The molecule has 0 aliphatic heterocycles. The van der Waals surface area contributed by atoms with Crippen LogP contribution in [0.2, 0.25) is 0 Å². The van der Waals surface area contributed by atoms with Crippen molar-refractivity contribution in [2.24, 2.45) is 10.2 Å². The van der Waals surface area contributed by atoms with E-state index in [-0.39, 0.29) is 5.91 Å². The molecule has 154 valence electrons. The number of nitriles is 1. The Bertz CT molecular complexity index is 1170. The zero-order valence-corrected chi connectivity index (χ0v) is 17.9. The molecule has 1 aliphatic carbocycles. The van der Waals surface area contributed by atoms with Crippen LogP contribution in [0.5, 0.6) is 5.75 Å². The second kappa shape index (κ2) is 8.67. The van der Waals surface area contributed by atoms with Crippen molar-refractivity contribution in [1.29, 1.82) is 5.26 Å². The van der Waals surface area contributed by atoms with E-state index in [0.717, 1.165) is 53.5 Å². The Kier molecular flexibility index (Phi) is 5.81. The molecule has 0 saturated heterocycles. The SMILES string of the molecule is COc1ccc2[nH]c(/N=N/c3sc4c(c3C#N)CCCC4)c(CCNC(C)=O)c2c1. The number of aryl methyl sites for hydroxylation is 1. The number of benzene rings is 1. The molecule has 2 N–H and O–H groups in total. The van der Waals surface area contributed by atoms with Crippen LogP contribution in [0.25, 0.3) is 10.9 Å².